The van der Waals surface area contributed by atoms with Crippen LogP contribution >= 0.6 is 11.3 Å². The minimum absolute atomic E-state index is 0.268. The van der Waals surface area contributed by atoms with Gasteiger partial charge in [0.25, 0.3) is 0 Å². The molecule has 0 fully saturated rings. The summed E-state index contributed by atoms with van der Waals surface area (Å²) in [5.74, 6) is -1.66. The first-order valence-electron chi connectivity index (χ1n) is 2.67. The van der Waals surface area contributed by atoms with Gasteiger partial charge in [-0.3, -0.25) is 0 Å². The first-order valence-corrected chi connectivity index (χ1v) is 3.55. The Bertz CT molecular complexity index is 306. The van der Waals surface area contributed by atoms with Gasteiger partial charge in [0.1, 0.15) is 4.88 Å². The zero-order chi connectivity index (χ0) is 9.35. The molecule has 7 heteroatoms. The van der Waals surface area contributed by atoms with Crippen LogP contribution in [-0.4, -0.2) is 16.1 Å². The highest BCUT2D eigenvalue weighted by Crippen LogP contribution is 2.34. The summed E-state index contributed by atoms with van der Waals surface area (Å²) in [6, 6.07) is 0. The molecule has 0 aromatic carbocycles. The van der Waals surface area contributed by atoms with Crippen LogP contribution in [0.5, 0.6) is 0 Å². The van der Waals surface area contributed by atoms with Gasteiger partial charge in [-0.1, -0.05) is 0 Å². The maximum atomic E-state index is 11.9. The highest BCUT2D eigenvalue weighted by Gasteiger charge is 2.37. The largest absolute Gasteiger partial charge is 0.476 e. The lowest BCUT2D eigenvalue weighted by atomic mass is 10.3. The van der Waals surface area contributed by atoms with Crippen molar-refractivity contribution >= 4 is 17.3 Å². The third-order valence-electron chi connectivity index (χ3n) is 1.03. The standard InChI is InChI=1S/C5H2F3NO2S/c6-5(7,8)3-2(4(10)11)9-1-12-3/h1H,(H,10,11). The molecule has 0 aliphatic carbocycles. The second-order valence-electron chi connectivity index (χ2n) is 1.83. The molecule has 0 unspecified atom stereocenters. The summed E-state index contributed by atoms with van der Waals surface area (Å²) in [7, 11) is 0. The molecule has 0 aliphatic rings. The lowest BCUT2D eigenvalue weighted by molar-refractivity contribution is -0.135. The van der Waals surface area contributed by atoms with Gasteiger partial charge in [-0.05, 0) is 0 Å². The van der Waals surface area contributed by atoms with E-state index >= 15 is 0 Å². The van der Waals surface area contributed by atoms with Gasteiger partial charge in [0, 0.05) is 0 Å². The van der Waals surface area contributed by atoms with E-state index in [0.29, 0.717) is 0 Å². The van der Waals surface area contributed by atoms with Crippen molar-refractivity contribution in [1.82, 2.24) is 4.98 Å². The van der Waals surface area contributed by atoms with Crippen molar-refractivity contribution in [3.8, 4) is 0 Å². The fourth-order valence-corrected chi connectivity index (χ4v) is 1.25. The Morgan fingerprint density at radius 2 is 2.17 bits per heavy atom. The van der Waals surface area contributed by atoms with Crippen LogP contribution in [0, 0.1) is 0 Å². The summed E-state index contributed by atoms with van der Waals surface area (Å²) >= 11 is 0.268. The normalized spacial score (nSPS) is 11.6. The Labute approximate surface area is 68.5 Å². The molecule has 1 rings (SSSR count). The maximum absolute atomic E-state index is 11.9. The second kappa shape index (κ2) is 2.74. The minimum Gasteiger partial charge on any atom is -0.476 e. The third kappa shape index (κ3) is 1.55. The number of halogens is 3. The van der Waals surface area contributed by atoms with E-state index in [1.165, 1.54) is 0 Å². The number of nitrogens with zero attached hydrogens (tertiary/aromatic N) is 1. The van der Waals surface area contributed by atoms with Crippen molar-refractivity contribution in [2.45, 2.75) is 6.18 Å². The lowest BCUT2D eigenvalue weighted by Gasteiger charge is -2.02. The molecule has 0 bridgehead atoms. The zero-order valence-electron chi connectivity index (χ0n) is 5.42. The van der Waals surface area contributed by atoms with E-state index in [0.717, 1.165) is 5.51 Å². The van der Waals surface area contributed by atoms with Gasteiger partial charge in [0.05, 0.1) is 5.51 Å². The van der Waals surface area contributed by atoms with Crippen LogP contribution in [0.15, 0.2) is 5.51 Å². The number of rotatable bonds is 1. The molecule has 66 valence electrons. The van der Waals surface area contributed by atoms with Crippen molar-refractivity contribution in [2.75, 3.05) is 0 Å². The van der Waals surface area contributed by atoms with Gasteiger partial charge >= 0.3 is 12.1 Å². The smallest absolute Gasteiger partial charge is 0.428 e. The predicted molar refractivity (Wildman–Crippen MR) is 34.1 cm³/mol. The van der Waals surface area contributed by atoms with E-state index in [1.807, 2.05) is 0 Å². The van der Waals surface area contributed by atoms with Crippen LogP contribution in [0.25, 0.3) is 0 Å². The van der Waals surface area contributed by atoms with Crippen LogP contribution in [0.2, 0.25) is 0 Å². The molecular formula is C5H2F3NO2S. The van der Waals surface area contributed by atoms with Crippen LogP contribution in [-0.2, 0) is 6.18 Å². The molecule has 0 atom stereocenters. The molecule has 3 nitrogen and oxygen atoms in total. The van der Waals surface area contributed by atoms with Gasteiger partial charge < -0.3 is 5.11 Å². The van der Waals surface area contributed by atoms with Crippen LogP contribution < -0.4 is 0 Å². The SMILES string of the molecule is O=C(O)c1ncsc1C(F)(F)F. The topological polar surface area (TPSA) is 50.2 Å². The molecule has 0 saturated carbocycles. The van der Waals surface area contributed by atoms with E-state index in [2.05, 4.69) is 4.98 Å². The fourth-order valence-electron chi connectivity index (χ4n) is 0.600. The Balaban J connectivity index is 3.17. The molecule has 0 radical (unpaired) electrons. The highest BCUT2D eigenvalue weighted by molar-refractivity contribution is 7.10. The maximum Gasteiger partial charge on any atom is 0.428 e. The summed E-state index contributed by atoms with van der Waals surface area (Å²) in [5, 5.41) is 8.26. The van der Waals surface area contributed by atoms with Crippen molar-refractivity contribution < 1.29 is 23.1 Å². The van der Waals surface area contributed by atoms with E-state index in [4.69, 9.17) is 5.11 Å². The van der Waals surface area contributed by atoms with Gasteiger partial charge in [-0.2, -0.15) is 13.2 Å². The van der Waals surface area contributed by atoms with Crippen LogP contribution in [0.3, 0.4) is 0 Å². The van der Waals surface area contributed by atoms with Gasteiger partial charge in [-0.15, -0.1) is 11.3 Å². The lowest BCUT2D eigenvalue weighted by Crippen LogP contribution is -2.10. The Morgan fingerprint density at radius 3 is 2.50 bits per heavy atom. The number of alkyl halides is 3. The van der Waals surface area contributed by atoms with Crippen molar-refractivity contribution in [3.63, 3.8) is 0 Å². The molecule has 1 heterocycles. The average molecular weight is 197 g/mol. The molecule has 0 aliphatic heterocycles. The fraction of sp³-hybridized carbons (Fsp3) is 0.200. The number of aromatic nitrogens is 1. The van der Waals surface area contributed by atoms with E-state index in [1.54, 1.807) is 0 Å². The molecule has 0 saturated heterocycles. The van der Waals surface area contributed by atoms with Crippen molar-refractivity contribution in [3.05, 3.63) is 16.1 Å². The molecule has 0 spiro atoms. The van der Waals surface area contributed by atoms with Crippen molar-refractivity contribution in [2.24, 2.45) is 0 Å². The molecule has 0 amide bonds. The molecular weight excluding hydrogens is 195 g/mol. The first-order chi connectivity index (χ1) is 5.43. The monoisotopic (exact) mass is 197 g/mol. The summed E-state index contributed by atoms with van der Waals surface area (Å²) < 4.78 is 35.8. The first kappa shape index (κ1) is 8.98. The minimum atomic E-state index is -4.63. The van der Waals surface area contributed by atoms with E-state index in [9.17, 15) is 18.0 Å². The number of hydrogen-bond donors (Lipinski definition) is 1. The number of carbonyl (C=O) groups is 1. The Hall–Kier alpha value is -1.11. The molecule has 1 N–H and O–H groups in total. The van der Waals surface area contributed by atoms with E-state index in [-0.39, 0.29) is 11.3 Å². The quantitative estimate of drug-likeness (QED) is 0.747. The zero-order valence-corrected chi connectivity index (χ0v) is 6.24. The second-order valence-corrected chi connectivity index (χ2v) is 2.69. The number of carboxylic acid groups (broad SMARTS) is 1. The summed E-state index contributed by atoms with van der Waals surface area (Å²) in [4.78, 5) is 12.1. The summed E-state index contributed by atoms with van der Waals surface area (Å²) in [5.41, 5.74) is -0.0841. The number of carboxylic acids is 1. The number of aromatic carboxylic acids is 1. The van der Waals surface area contributed by atoms with E-state index < -0.39 is 22.7 Å². The van der Waals surface area contributed by atoms with Gasteiger partial charge in [0.2, 0.25) is 0 Å². The summed E-state index contributed by atoms with van der Waals surface area (Å²) in [6.07, 6.45) is -4.63. The number of hydrogen-bond acceptors (Lipinski definition) is 3. The third-order valence-corrected chi connectivity index (χ3v) is 1.90. The number of thiazole rings is 1. The predicted octanol–water partition coefficient (Wildman–Crippen LogP) is 1.86. The van der Waals surface area contributed by atoms with Crippen LogP contribution in [0.4, 0.5) is 13.2 Å². The van der Waals surface area contributed by atoms with Crippen LogP contribution in [0.1, 0.15) is 15.4 Å². The van der Waals surface area contributed by atoms with Crippen molar-refractivity contribution in [1.29, 1.82) is 0 Å². The van der Waals surface area contributed by atoms with Gasteiger partial charge in [0.15, 0.2) is 5.69 Å². The van der Waals surface area contributed by atoms with Gasteiger partial charge in [-0.25, -0.2) is 9.78 Å². The average Bonchev–Trinajstić information content (AvgIpc) is 2.30. The Morgan fingerprint density at radius 1 is 1.58 bits per heavy atom. The molecule has 12 heavy (non-hydrogen) atoms. The Kier molecular flexibility index (Phi) is 2.05. The molecule has 1 aromatic rings. The summed E-state index contributed by atoms with van der Waals surface area (Å²) in [6.45, 7) is 0. The highest BCUT2D eigenvalue weighted by atomic mass is 32.1. The molecule has 1 aromatic heterocycles.